The molecule has 0 amide bonds. The van der Waals surface area contributed by atoms with Gasteiger partial charge in [0.25, 0.3) is 0 Å². The van der Waals surface area contributed by atoms with Gasteiger partial charge < -0.3 is 10.6 Å². The summed E-state index contributed by atoms with van der Waals surface area (Å²) in [7, 11) is 0. The lowest BCUT2D eigenvalue weighted by Crippen LogP contribution is -2.38. The normalized spacial score (nSPS) is 10.5. The van der Waals surface area contributed by atoms with Crippen molar-refractivity contribution in [3.05, 3.63) is 0 Å². The molecule has 0 aromatic heterocycles. The summed E-state index contributed by atoms with van der Waals surface area (Å²) in [5.41, 5.74) is 5.14. The first-order valence-corrected chi connectivity index (χ1v) is 2.17. The molecule has 0 fully saturated rings. The average Bonchev–Trinajstić information content (AvgIpc) is 1.30. The number of hydrogen-bond acceptors (Lipinski definition) is 3. The minimum absolute atomic E-state index is 0. The van der Waals surface area contributed by atoms with Gasteiger partial charge in [-0.3, -0.25) is 0 Å². The van der Waals surface area contributed by atoms with Gasteiger partial charge in [-0.1, -0.05) is 0 Å². The summed E-state index contributed by atoms with van der Waals surface area (Å²) >= 11 is 0. The van der Waals surface area contributed by atoms with E-state index >= 15 is 0 Å². The summed E-state index contributed by atoms with van der Waals surface area (Å²) in [6, 6.07) is 0. The summed E-state index contributed by atoms with van der Waals surface area (Å²) in [5.74, 6) is 4.73. The minimum atomic E-state index is -0.297. The van der Waals surface area contributed by atoms with Crippen molar-refractivity contribution in [1.29, 1.82) is 0 Å². The van der Waals surface area contributed by atoms with Gasteiger partial charge in [0.15, 0.2) is 0 Å². The molecule has 0 rings (SSSR count). The lowest BCUT2D eigenvalue weighted by atomic mass is 10.1. The molecule has 0 unspecified atom stereocenters. The molecule has 0 atom stereocenters. The lowest BCUT2D eigenvalue weighted by Gasteiger charge is -2.14. The van der Waals surface area contributed by atoms with E-state index in [-0.39, 0.29) is 17.9 Å². The Morgan fingerprint density at radius 1 is 1.50 bits per heavy atom. The molecule has 0 saturated heterocycles. The van der Waals surface area contributed by atoms with E-state index in [0.717, 1.165) is 0 Å². The van der Waals surface area contributed by atoms with Crippen LogP contribution in [0.4, 0.5) is 0 Å². The smallest absolute Gasteiger partial charge is 0.0853 e. The van der Waals surface area contributed by atoms with Gasteiger partial charge in [-0.15, -0.1) is 12.4 Å². The molecule has 0 saturated carbocycles. The van der Waals surface area contributed by atoms with Crippen LogP contribution in [-0.2, 0) is 4.84 Å². The van der Waals surface area contributed by atoms with Crippen molar-refractivity contribution < 1.29 is 4.84 Å². The monoisotopic (exact) mass is 140 g/mol. The Balaban J connectivity index is 0. The molecular weight excluding hydrogens is 128 g/mol. The van der Waals surface area contributed by atoms with Gasteiger partial charge in [0, 0.05) is 5.54 Å². The largest absolute Gasteiger partial charge is 0.324 e. The van der Waals surface area contributed by atoms with Crippen LogP contribution in [0.3, 0.4) is 0 Å². The number of halogens is 1. The van der Waals surface area contributed by atoms with Crippen molar-refractivity contribution in [2.45, 2.75) is 19.4 Å². The van der Waals surface area contributed by atoms with E-state index in [1.165, 1.54) is 0 Å². The van der Waals surface area contributed by atoms with Crippen LogP contribution in [0.1, 0.15) is 13.8 Å². The Hall–Kier alpha value is 0.170. The first-order valence-electron chi connectivity index (χ1n) is 2.17. The molecule has 0 aliphatic carbocycles. The van der Waals surface area contributed by atoms with E-state index in [0.29, 0.717) is 6.61 Å². The van der Waals surface area contributed by atoms with Gasteiger partial charge in [-0.2, -0.15) is 0 Å². The maximum absolute atomic E-state index is 5.44. The Bertz CT molecular complexity index is 52.5. The van der Waals surface area contributed by atoms with Crippen LogP contribution in [0.15, 0.2) is 0 Å². The van der Waals surface area contributed by atoms with Crippen LogP contribution in [0.25, 0.3) is 0 Å². The highest BCUT2D eigenvalue weighted by molar-refractivity contribution is 5.85. The molecule has 52 valence electrons. The fourth-order valence-electron chi connectivity index (χ4n) is 0.215. The maximum atomic E-state index is 5.44. The van der Waals surface area contributed by atoms with E-state index < -0.39 is 0 Å². The van der Waals surface area contributed by atoms with E-state index in [2.05, 4.69) is 4.84 Å². The molecule has 0 bridgehead atoms. The highest BCUT2D eigenvalue weighted by Gasteiger charge is 2.08. The van der Waals surface area contributed by atoms with Gasteiger partial charge in [-0.05, 0) is 13.8 Å². The molecule has 0 aliphatic heterocycles. The fourth-order valence-corrected chi connectivity index (χ4v) is 0.215. The Morgan fingerprint density at radius 3 is 1.88 bits per heavy atom. The predicted octanol–water partition coefficient (Wildman–Crippen LogP) is 0.0358. The van der Waals surface area contributed by atoms with Crippen LogP contribution in [0, 0.1) is 0 Å². The number of nitrogens with two attached hydrogens (primary N) is 2. The molecule has 0 aliphatic rings. The van der Waals surface area contributed by atoms with Crippen LogP contribution in [0.5, 0.6) is 0 Å². The van der Waals surface area contributed by atoms with E-state index in [9.17, 15) is 0 Å². The number of hydrogen-bond donors (Lipinski definition) is 2. The van der Waals surface area contributed by atoms with Crippen LogP contribution < -0.4 is 11.6 Å². The van der Waals surface area contributed by atoms with Crippen molar-refractivity contribution in [3.8, 4) is 0 Å². The van der Waals surface area contributed by atoms with Crippen molar-refractivity contribution in [2.75, 3.05) is 6.61 Å². The van der Waals surface area contributed by atoms with Crippen LogP contribution in [-0.4, -0.2) is 12.1 Å². The highest BCUT2D eigenvalue weighted by atomic mass is 35.5. The van der Waals surface area contributed by atoms with Crippen molar-refractivity contribution in [1.82, 2.24) is 0 Å². The second kappa shape index (κ2) is 4.09. The summed E-state index contributed by atoms with van der Waals surface area (Å²) < 4.78 is 0. The zero-order chi connectivity index (χ0) is 5.91. The first kappa shape index (κ1) is 11.0. The van der Waals surface area contributed by atoms with Gasteiger partial charge in [-0.25, -0.2) is 5.90 Å². The molecule has 0 spiro atoms. The third kappa shape index (κ3) is 9.48. The Labute approximate surface area is 55.7 Å². The summed E-state index contributed by atoms with van der Waals surface area (Å²) in [6.07, 6.45) is 0. The zero-order valence-corrected chi connectivity index (χ0v) is 5.99. The quantitative estimate of drug-likeness (QED) is 0.533. The molecule has 0 aromatic carbocycles. The van der Waals surface area contributed by atoms with Gasteiger partial charge >= 0.3 is 0 Å². The standard InChI is InChI=1S/C4H12N2O.ClH/c1-4(2,5)3-7-6;/h3,5-6H2,1-2H3;1H. The maximum Gasteiger partial charge on any atom is 0.0853 e. The second-order valence-electron chi connectivity index (χ2n) is 2.30. The van der Waals surface area contributed by atoms with E-state index in [1.807, 2.05) is 13.8 Å². The SMILES string of the molecule is CC(C)(N)CON.Cl. The van der Waals surface area contributed by atoms with Gasteiger partial charge in [0.05, 0.1) is 6.61 Å². The third-order valence-electron chi connectivity index (χ3n) is 0.455. The molecule has 8 heavy (non-hydrogen) atoms. The number of rotatable bonds is 2. The molecule has 3 nitrogen and oxygen atoms in total. The highest BCUT2D eigenvalue weighted by Crippen LogP contribution is 1.92. The third-order valence-corrected chi connectivity index (χ3v) is 0.455. The second-order valence-corrected chi connectivity index (χ2v) is 2.30. The average molecular weight is 141 g/mol. The van der Waals surface area contributed by atoms with Gasteiger partial charge in [0.1, 0.15) is 0 Å². The fraction of sp³-hybridized carbons (Fsp3) is 1.00. The van der Waals surface area contributed by atoms with Gasteiger partial charge in [0.2, 0.25) is 0 Å². The Kier molecular flexibility index (Phi) is 5.64. The predicted molar refractivity (Wildman–Crippen MR) is 35.7 cm³/mol. The minimum Gasteiger partial charge on any atom is -0.324 e. The van der Waals surface area contributed by atoms with Crippen molar-refractivity contribution in [2.24, 2.45) is 11.6 Å². The molecule has 0 heterocycles. The first-order chi connectivity index (χ1) is 3.06. The summed E-state index contributed by atoms with van der Waals surface area (Å²) in [5, 5.41) is 0. The molecule has 0 radical (unpaired) electrons. The molecule has 4 heteroatoms. The molecule has 4 N–H and O–H groups in total. The lowest BCUT2D eigenvalue weighted by molar-refractivity contribution is 0.0991. The van der Waals surface area contributed by atoms with Crippen molar-refractivity contribution in [3.63, 3.8) is 0 Å². The zero-order valence-electron chi connectivity index (χ0n) is 5.18. The Morgan fingerprint density at radius 2 is 1.88 bits per heavy atom. The van der Waals surface area contributed by atoms with Crippen LogP contribution >= 0.6 is 12.4 Å². The molecule has 0 aromatic rings. The van der Waals surface area contributed by atoms with E-state index in [1.54, 1.807) is 0 Å². The van der Waals surface area contributed by atoms with Crippen molar-refractivity contribution >= 4 is 12.4 Å². The summed E-state index contributed by atoms with van der Waals surface area (Å²) in [6.45, 7) is 4.09. The topological polar surface area (TPSA) is 61.3 Å². The van der Waals surface area contributed by atoms with E-state index in [4.69, 9.17) is 11.6 Å². The summed E-state index contributed by atoms with van der Waals surface area (Å²) in [4.78, 5) is 4.28. The molecular formula is C4H13ClN2O. The van der Waals surface area contributed by atoms with Crippen LogP contribution in [0.2, 0.25) is 0 Å².